The first kappa shape index (κ1) is 13.1. The van der Waals surface area contributed by atoms with Crippen LogP contribution in [0.2, 0.25) is 0 Å². The smallest absolute Gasteiger partial charge is 0.265 e. The third-order valence-electron chi connectivity index (χ3n) is 3.82. The maximum Gasteiger partial charge on any atom is 0.265 e. The molecule has 1 aromatic carbocycles. The summed E-state index contributed by atoms with van der Waals surface area (Å²) in [6.45, 7) is 0.384. The number of imidazole rings is 1. The molecule has 1 aliphatic rings. The van der Waals surface area contributed by atoms with Gasteiger partial charge in [-0.1, -0.05) is 0 Å². The molecule has 0 spiro atoms. The summed E-state index contributed by atoms with van der Waals surface area (Å²) in [6.07, 6.45) is 0.468. The fraction of sp³-hybridized carbons (Fsp3) is 0.500. The molecule has 0 radical (unpaired) electrons. The number of hydrogen-bond donors (Lipinski definition) is 1. The maximum absolute atomic E-state index is 13.6. The average molecular weight is 280 g/mol. The zero-order valence-electron chi connectivity index (χ0n) is 11.7. The summed E-state index contributed by atoms with van der Waals surface area (Å²) in [5, 5.41) is 3.06. The number of rotatable bonds is 2. The van der Waals surface area contributed by atoms with Crippen molar-refractivity contribution < 1.29 is 8.78 Å². The monoisotopic (exact) mass is 280 g/mol. The molecule has 2 aromatic rings. The highest BCUT2D eigenvalue weighted by Gasteiger charge is 2.36. The molecular weight excluding hydrogens is 262 g/mol. The van der Waals surface area contributed by atoms with Gasteiger partial charge in [-0.15, -0.1) is 0 Å². The van der Waals surface area contributed by atoms with Crippen molar-refractivity contribution in [2.45, 2.75) is 18.8 Å². The Hall–Kier alpha value is -1.85. The number of nitrogens with one attached hydrogen (secondary N) is 1. The van der Waals surface area contributed by atoms with Crippen molar-refractivity contribution in [1.29, 1.82) is 0 Å². The van der Waals surface area contributed by atoms with Crippen LogP contribution < -0.4 is 10.2 Å². The quantitative estimate of drug-likeness (QED) is 0.918. The number of aromatic nitrogens is 2. The van der Waals surface area contributed by atoms with Crippen molar-refractivity contribution in [3.8, 4) is 0 Å². The fourth-order valence-corrected chi connectivity index (χ4v) is 2.76. The van der Waals surface area contributed by atoms with Gasteiger partial charge in [0.2, 0.25) is 5.95 Å². The van der Waals surface area contributed by atoms with E-state index >= 15 is 0 Å². The lowest BCUT2D eigenvalue weighted by Crippen LogP contribution is -2.43. The number of nitrogens with zero attached hydrogens (tertiary/aromatic N) is 3. The molecule has 0 amide bonds. The lowest BCUT2D eigenvalue weighted by molar-refractivity contribution is -0.0121. The van der Waals surface area contributed by atoms with E-state index in [1.807, 2.05) is 36.9 Å². The molecule has 4 nitrogen and oxygen atoms in total. The van der Waals surface area contributed by atoms with Gasteiger partial charge in [0.15, 0.2) is 0 Å². The van der Waals surface area contributed by atoms with E-state index < -0.39 is 5.92 Å². The minimum Gasteiger partial charge on any atom is -0.388 e. The summed E-state index contributed by atoms with van der Waals surface area (Å²) in [4.78, 5) is 6.21. The van der Waals surface area contributed by atoms with Crippen molar-refractivity contribution in [2.24, 2.45) is 7.05 Å². The van der Waals surface area contributed by atoms with E-state index in [1.165, 1.54) is 0 Å². The second-order valence-electron chi connectivity index (χ2n) is 5.31. The summed E-state index contributed by atoms with van der Waals surface area (Å²) in [6, 6.07) is 5.85. The Morgan fingerprint density at radius 1 is 1.35 bits per heavy atom. The van der Waals surface area contributed by atoms with Gasteiger partial charge in [0.1, 0.15) is 0 Å². The first-order valence-corrected chi connectivity index (χ1v) is 6.77. The average Bonchev–Trinajstić information content (AvgIpc) is 2.74. The number of halogens is 2. The molecule has 1 saturated heterocycles. The van der Waals surface area contributed by atoms with Gasteiger partial charge in [-0.05, 0) is 24.6 Å². The summed E-state index contributed by atoms with van der Waals surface area (Å²) >= 11 is 0. The largest absolute Gasteiger partial charge is 0.388 e. The van der Waals surface area contributed by atoms with Crippen molar-refractivity contribution >= 4 is 22.7 Å². The normalized spacial score (nSPS) is 18.5. The Bertz CT molecular complexity index is 635. The molecular formula is C14H18F2N4. The summed E-state index contributed by atoms with van der Waals surface area (Å²) in [5.74, 6) is -2.00. The Balaban J connectivity index is 2.01. The maximum atomic E-state index is 13.6. The van der Waals surface area contributed by atoms with Crippen molar-refractivity contribution in [2.75, 3.05) is 30.4 Å². The van der Waals surface area contributed by atoms with E-state index in [1.54, 1.807) is 4.90 Å². The molecule has 20 heavy (non-hydrogen) atoms. The molecule has 0 saturated carbocycles. The van der Waals surface area contributed by atoms with Crippen LogP contribution in [-0.2, 0) is 7.05 Å². The van der Waals surface area contributed by atoms with Crippen LogP contribution >= 0.6 is 0 Å². The van der Waals surface area contributed by atoms with Crippen LogP contribution in [0, 0.1) is 0 Å². The molecule has 0 atom stereocenters. The number of hydrogen-bond acceptors (Lipinski definition) is 3. The minimum absolute atomic E-state index is 0.0304. The molecule has 6 heteroatoms. The minimum atomic E-state index is -2.62. The zero-order chi connectivity index (χ0) is 14.3. The lowest BCUT2D eigenvalue weighted by Gasteiger charge is -2.33. The molecule has 1 fully saturated rings. The van der Waals surface area contributed by atoms with Crippen LogP contribution in [0.1, 0.15) is 12.8 Å². The molecule has 0 aliphatic carbocycles. The lowest BCUT2D eigenvalue weighted by atomic mass is 10.1. The second kappa shape index (κ2) is 4.61. The SMILES string of the molecule is CNc1ccc2c(c1)nc(N1CCCC(F)(F)C1)n2C. The Kier molecular flexibility index (Phi) is 3.03. The van der Waals surface area contributed by atoms with Gasteiger partial charge in [-0.2, -0.15) is 0 Å². The van der Waals surface area contributed by atoms with E-state index in [0.717, 1.165) is 16.7 Å². The summed E-state index contributed by atoms with van der Waals surface area (Å²) < 4.78 is 29.0. The molecule has 0 unspecified atom stereocenters. The molecule has 3 rings (SSSR count). The highest BCUT2D eigenvalue weighted by molar-refractivity contribution is 5.82. The second-order valence-corrected chi connectivity index (χ2v) is 5.31. The molecule has 1 aliphatic heterocycles. The highest BCUT2D eigenvalue weighted by Crippen LogP contribution is 2.31. The summed E-state index contributed by atoms with van der Waals surface area (Å²) in [5.41, 5.74) is 2.74. The molecule has 1 aromatic heterocycles. The number of aryl methyl sites for hydroxylation is 1. The first-order valence-electron chi connectivity index (χ1n) is 6.77. The molecule has 108 valence electrons. The van der Waals surface area contributed by atoms with Crippen molar-refractivity contribution in [3.63, 3.8) is 0 Å². The Labute approximate surface area is 116 Å². The third kappa shape index (κ3) is 2.19. The number of anilines is 2. The van der Waals surface area contributed by atoms with Gasteiger partial charge in [-0.3, -0.25) is 0 Å². The van der Waals surface area contributed by atoms with Gasteiger partial charge in [0.25, 0.3) is 5.92 Å². The van der Waals surface area contributed by atoms with Crippen LogP contribution in [0.3, 0.4) is 0 Å². The van der Waals surface area contributed by atoms with E-state index in [9.17, 15) is 8.78 Å². The van der Waals surface area contributed by atoms with E-state index in [0.29, 0.717) is 18.9 Å². The van der Waals surface area contributed by atoms with E-state index in [4.69, 9.17) is 0 Å². The van der Waals surface area contributed by atoms with Gasteiger partial charge in [0, 0.05) is 32.7 Å². The van der Waals surface area contributed by atoms with Crippen molar-refractivity contribution in [3.05, 3.63) is 18.2 Å². The fourth-order valence-electron chi connectivity index (χ4n) is 2.76. The summed E-state index contributed by atoms with van der Waals surface area (Å²) in [7, 11) is 3.71. The molecule has 2 heterocycles. The Morgan fingerprint density at radius 2 is 2.15 bits per heavy atom. The highest BCUT2D eigenvalue weighted by atomic mass is 19.3. The van der Waals surface area contributed by atoms with E-state index in [-0.39, 0.29) is 13.0 Å². The predicted octanol–water partition coefficient (Wildman–Crippen LogP) is 2.85. The number of fused-ring (bicyclic) bond motifs is 1. The standard InChI is InChI=1S/C14H18F2N4/c1-17-10-4-5-12-11(8-10)18-13(19(12)2)20-7-3-6-14(15,16)9-20/h4-5,8,17H,3,6-7,9H2,1-2H3. The number of alkyl halides is 2. The first-order chi connectivity index (χ1) is 9.50. The van der Waals surface area contributed by atoms with Gasteiger partial charge >= 0.3 is 0 Å². The topological polar surface area (TPSA) is 33.1 Å². The molecule has 0 bridgehead atoms. The zero-order valence-corrected chi connectivity index (χ0v) is 11.7. The number of benzene rings is 1. The van der Waals surface area contributed by atoms with Gasteiger partial charge in [-0.25, -0.2) is 13.8 Å². The van der Waals surface area contributed by atoms with Gasteiger partial charge < -0.3 is 14.8 Å². The van der Waals surface area contributed by atoms with Crippen molar-refractivity contribution in [1.82, 2.24) is 9.55 Å². The predicted molar refractivity (Wildman–Crippen MR) is 76.7 cm³/mol. The Morgan fingerprint density at radius 3 is 2.85 bits per heavy atom. The van der Waals surface area contributed by atoms with Crippen LogP contribution in [0.4, 0.5) is 20.4 Å². The van der Waals surface area contributed by atoms with Crippen LogP contribution in [0.5, 0.6) is 0 Å². The third-order valence-corrected chi connectivity index (χ3v) is 3.82. The van der Waals surface area contributed by atoms with Crippen LogP contribution in [0.15, 0.2) is 18.2 Å². The van der Waals surface area contributed by atoms with E-state index in [2.05, 4.69) is 10.3 Å². The number of piperidine rings is 1. The van der Waals surface area contributed by atoms with Crippen LogP contribution in [-0.4, -0.2) is 35.6 Å². The van der Waals surface area contributed by atoms with Crippen LogP contribution in [0.25, 0.3) is 11.0 Å². The molecule has 1 N–H and O–H groups in total. The van der Waals surface area contributed by atoms with Gasteiger partial charge in [0.05, 0.1) is 17.6 Å².